The number of nitrogens with zero attached hydrogens (tertiary/aromatic N) is 2. The second kappa shape index (κ2) is 7.26. The Morgan fingerprint density at radius 2 is 2.11 bits per heavy atom. The Bertz CT molecular complexity index is 502. The van der Waals surface area contributed by atoms with Crippen LogP contribution < -0.4 is 5.32 Å². The monoisotopic (exact) mass is 319 g/mol. The minimum absolute atomic E-state index is 0.876. The number of anilines is 1. The van der Waals surface area contributed by atoms with Gasteiger partial charge in [0.2, 0.25) is 0 Å². The van der Waals surface area contributed by atoms with Gasteiger partial charge < -0.3 is 5.32 Å². The molecular formula is C15H18BrN3. The van der Waals surface area contributed by atoms with Gasteiger partial charge >= 0.3 is 0 Å². The van der Waals surface area contributed by atoms with E-state index >= 15 is 0 Å². The fourth-order valence-electron chi connectivity index (χ4n) is 1.84. The summed E-state index contributed by atoms with van der Waals surface area (Å²) >= 11 is 3.47. The average molecular weight is 320 g/mol. The maximum absolute atomic E-state index is 4.33. The molecule has 2 rings (SSSR count). The first-order valence-electron chi connectivity index (χ1n) is 6.32. The van der Waals surface area contributed by atoms with Gasteiger partial charge in [0.25, 0.3) is 0 Å². The summed E-state index contributed by atoms with van der Waals surface area (Å²) in [5, 5.41) is 3.41. The zero-order valence-corrected chi connectivity index (χ0v) is 12.6. The zero-order valence-electron chi connectivity index (χ0n) is 11.0. The Hall–Kier alpha value is -1.39. The molecule has 1 aromatic heterocycles. The molecule has 0 atom stereocenters. The van der Waals surface area contributed by atoms with Gasteiger partial charge in [0.15, 0.2) is 0 Å². The maximum Gasteiger partial charge on any atom is 0.0543 e. The Kier molecular flexibility index (Phi) is 5.36. The molecule has 19 heavy (non-hydrogen) atoms. The summed E-state index contributed by atoms with van der Waals surface area (Å²) in [6.07, 6.45) is 1.84. The van der Waals surface area contributed by atoms with Crippen molar-refractivity contribution in [3.8, 4) is 0 Å². The zero-order chi connectivity index (χ0) is 13.5. The van der Waals surface area contributed by atoms with Gasteiger partial charge in [0.1, 0.15) is 0 Å². The van der Waals surface area contributed by atoms with E-state index in [-0.39, 0.29) is 0 Å². The van der Waals surface area contributed by atoms with E-state index in [9.17, 15) is 0 Å². The van der Waals surface area contributed by atoms with Gasteiger partial charge in [0.05, 0.1) is 5.69 Å². The first-order valence-corrected chi connectivity index (χ1v) is 7.11. The molecule has 0 amide bonds. The molecule has 100 valence electrons. The third kappa shape index (κ3) is 5.01. The summed E-state index contributed by atoms with van der Waals surface area (Å²) in [6.45, 7) is 2.77. The fraction of sp³-hybridized carbons (Fsp3) is 0.267. The molecule has 0 radical (unpaired) electrons. The number of pyridine rings is 1. The van der Waals surface area contributed by atoms with Crippen LogP contribution in [0.4, 0.5) is 5.69 Å². The number of hydrogen-bond donors (Lipinski definition) is 1. The molecule has 0 bridgehead atoms. The van der Waals surface area contributed by atoms with E-state index in [1.54, 1.807) is 0 Å². The van der Waals surface area contributed by atoms with Gasteiger partial charge in [-0.15, -0.1) is 0 Å². The Morgan fingerprint density at radius 1 is 1.21 bits per heavy atom. The summed E-state index contributed by atoms with van der Waals surface area (Å²) in [5.74, 6) is 0. The van der Waals surface area contributed by atoms with Crippen LogP contribution in [0.3, 0.4) is 0 Å². The van der Waals surface area contributed by atoms with E-state index in [1.165, 1.54) is 0 Å². The molecular weight excluding hydrogens is 302 g/mol. The molecule has 0 saturated heterocycles. The molecule has 0 fully saturated rings. The van der Waals surface area contributed by atoms with Crippen LogP contribution in [0.1, 0.15) is 5.69 Å². The number of rotatable bonds is 6. The molecule has 0 saturated carbocycles. The highest BCUT2D eigenvalue weighted by Gasteiger charge is 2.00. The van der Waals surface area contributed by atoms with Crippen molar-refractivity contribution in [2.24, 2.45) is 0 Å². The van der Waals surface area contributed by atoms with Gasteiger partial charge in [0, 0.05) is 36.0 Å². The highest BCUT2D eigenvalue weighted by Crippen LogP contribution is 2.15. The van der Waals surface area contributed by atoms with Gasteiger partial charge in [-0.3, -0.25) is 9.88 Å². The summed E-state index contributed by atoms with van der Waals surface area (Å²) in [5.41, 5.74) is 2.24. The number of hydrogen-bond acceptors (Lipinski definition) is 3. The SMILES string of the molecule is CN(CCNc1cccc(Br)c1)Cc1ccccn1. The first kappa shape index (κ1) is 14.0. The van der Waals surface area contributed by atoms with Gasteiger partial charge in [-0.1, -0.05) is 28.1 Å². The quantitative estimate of drug-likeness (QED) is 0.884. The second-order valence-electron chi connectivity index (χ2n) is 4.50. The summed E-state index contributed by atoms with van der Waals surface area (Å²) in [7, 11) is 2.11. The van der Waals surface area contributed by atoms with Crippen molar-refractivity contribution in [3.05, 3.63) is 58.8 Å². The third-order valence-electron chi connectivity index (χ3n) is 2.81. The van der Waals surface area contributed by atoms with Crippen molar-refractivity contribution in [1.29, 1.82) is 0 Å². The van der Waals surface area contributed by atoms with Crippen LogP contribution in [0, 0.1) is 0 Å². The molecule has 0 spiro atoms. The van der Waals surface area contributed by atoms with Crippen molar-refractivity contribution >= 4 is 21.6 Å². The molecule has 1 N–H and O–H groups in total. The topological polar surface area (TPSA) is 28.2 Å². The molecule has 0 aliphatic rings. The maximum atomic E-state index is 4.33. The van der Waals surface area contributed by atoms with Gasteiger partial charge in [-0.25, -0.2) is 0 Å². The molecule has 1 aromatic carbocycles. The Balaban J connectivity index is 1.73. The van der Waals surface area contributed by atoms with Crippen LogP contribution >= 0.6 is 15.9 Å². The highest BCUT2D eigenvalue weighted by molar-refractivity contribution is 9.10. The lowest BCUT2D eigenvalue weighted by atomic mass is 10.3. The Labute approximate surface area is 122 Å². The summed E-state index contributed by atoms with van der Waals surface area (Å²) in [6, 6.07) is 14.2. The van der Waals surface area contributed by atoms with Crippen molar-refractivity contribution in [1.82, 2.24) is 9.88 Å². The molecule has 2 aromatic rings. The summed E-state index contributed by atoms with van der Waals surface area (Å²) < 4.78 is 1.10. The van der Waals surface area contributed by atoms with Crippen molar-refractivity contribution in [2.75, 3.05) is 25.5 Å². The van der Waals surface area contributed by atoms with Crippen LogP contribution in [0.25, 0.3) is 0 Å². The van der Waals surface area contributed by atoms with Crippen molar-refractivity contribution in [3.63, 3.8) is 0 Å². The standard InChI is InChI=1S/C15H18BrN3/c1-19(12-15-6-2-3-8-17-15)10-9-18-14-7-4-5-13(16)11-14/h2-8,11,18H,9-10,12H2,1H3. The van der Waals surface area contributed by atoms with Crippen LogP contribution in [0.2, 0.25) is 0 Å². The smallest absolute Gasteiger partial charge is 0.0543 e. The lowest BCUT2D eigenvalue weighted by Crippen LogP contribution is -2.25. The van der Waals surface area contributed by atoms with Crippen LogP contribution in [0.15, 0.2) is 53.1 Å². The average Bonchev–Trinajstić information content (AvgIpc) is 2.40. The number of aromatic nitrogens is 1. The predicted molar refractivity (Wildman–Crippen MR) is 83.2 cm³/mol. The Morgan fingerprint density at radius 3 is 2.84 bits per heavy atom. The third-order valence-corrected chi connectivity index (χ3v) is 3.30. The highest BCUT2D eigenvalue weighted by atomic mass is 79.9. The van der Waals surface area contributed by atoms with E-state index in [2.05, 4.69) is 56.4 Å². The van der Waals surface area contributed by atoms with E-state index in [0.717, 1.165) is 35.5 Å². The number of nitrogens with one attached hydrogen (secondary N) is 1. The van der Waals surface area contributed by atoms with Crippen molar-refractivity contribution < 1.29 is 0 Å². The van der Waals surface area contributed by atoms with Crippen molar-refractivity contribution in [2.45, 2.75) is 6.54 Å². The molecule has 4 heteroatoms. The van der Waals surface area contributed by atoms with Crippen LogP contribution in [0.5, 0.6) is 0 Å². The second-order valence-corrected chi connectivity index (χ2v) is 5.41. The predicted octanol–water partition coefficient (Wildman–Crippen LogP) is 3.39. The molecule has 0 unspecified atom stereocenters. The number of halogens is 1. The number of likely N-dealkylation sites (N-methyl/N-ethyl adjacent to an activating group) is 1. The normalized spacial score (nSPS) is 10.7. The molecule has 3 nitrogen and oxygen atoms in total. The van der Waals surface area contributed by atoms with E-state index in [0.29, 0.717) is 0 Å². The fourth-order valence-corrected chi connectivity index (χ4v) is 2.24. The largest absolute Gasteiger partial charge is 0.384 e. The van der Waals surface area contributed by atoms with Gasteiger partial charge in [-0.05, 0) is 37.4 Å². The summed E-state index contributed by atoms with van der Waals surface area (Å²) in [4.78, 5) is 6.59. The first-order chi connectivity index (χ1) is 9.24. The van der Waals surface area contributed by atoms with E-state index < -0.39 is 0 Å². The lowest BCUT2D eigenvalue weighted by Gasteiger charge is -2.16. The molecule has 0 aliphatic heterocycles. The van der Waals surface area contributed by atoms with E-state index in [4.69, 9.17) is 0 Å². The van der Waals surface area contributed by atoms with Crippen LogP contribution in [-0.2, 0) is 6.54 Å². The molecule has 0 aliphatic carbocycles. The van der Waals surface area contributed by atoms with Gasteiger partial charge in [-0.2, -0.15) is 0 Å². The van der Waals surface area contributed by atoms with E-state index in [1.807, 2.05) is 30.5 Å². The van der Waals surface area contributed by atoms with Crippen LogP contribution in [-0.4, -0.2) is 30.0 Å². The number of benzene rings is 1. The molecule has 1 heterocycles. The minimum atomic E-state index is 0.876. The minimum Gasteiger partial charge on any atom is -0.384 e. The lowest BCUT2D eigenvalue weighted by molar-refractivity contribution is 0.336.